The molecule has 22 heavy (non-hydrogen) atoms. The van der Waals surface area contributed by atoms with E-state index in [1.54, 1.807) is 5.57 Å². The largest absolute Gasteiger partial charge is 0.256 e. The number of allylic oxidation sites excluding steroid dienone is 2. The van der Waals surface area contributed by atoms with Crippen molar-refractivity contribution in [2.75, 3.05) is 0 Å². The third kappa shape index (κ3) is 1.57. The van der Waals surface area contributed by atoms with Crippen LogP contribution in [0.25, 0.3) is 27.6 Å². The zero-order valence-electron chi connectivity index (χ0n) is 12.4. The van der Waals surface area contributed by atoms with Gasteiger partial charge in [0.2, 0.25) is 0 Å². The molecule has 0 aliphatic heterocycles. The Balaban J connectivity index is 1.85. The van der Waals surface area contributed by atoms with Gasteiger partial charge in [0.15, 0.2) is 0 Å². The Morgan fingerprint density at radius 3 is 2.82 bits per heavy atom. The lowest BCUT2D eigenvalue weighted by Crippen LogP contribution is -2.19. The zero-order chi connectivity index (χ0) is 14.5. The highest BCUT2D eigenvalue weighted by Crippen LogP contribution is 2.55. The molecular weight excluding hydrogens is 266 g/mol. The molecule has 0 spiro atoms. The molecular formula is C21H17N. The number of benzene rings is 2. The van der Waals surface area contributed by atoms with Crippen molar-refractivity contribution >= 4 is 16.5 Å². The summed E-state index contributed by atoms with van der Waals surface area (Å²) in [5, 5.41) is 1.32. The summed E-state index contributed by atoms with van der Waals surface area (Å²) in [6.07, 6.45) is 8.21. The van der Waals surface area contributed by atoms with Gasteiger partial charge in [0.05, 0.1) is 5.52 Å². The quantitative estimate of drug-likeness (QED) is 0.569. The van der Waals surface area contributed by atoms with Crippen LogP contribution >= 0.6 is 0 Å². The Kier molecular flexibility index (Phi) is 2.51. The summed E-state index contributed by atoms with van der Waals surface area (Å²) in [6, 6.07) is 17.4. The first-order valence-electron chi connectivity index (χ1n) is 8.11. The number of fused-ring (bicyclic) bond motifs is 6. The maximum atomic E-state index is 4.70. The van der Waals surface area contributed by atoms with Gasteiger partial charge in [-0.3, -0.25) is 4.98 Å². The molecule has 1 heteroatoms. The van der Waals surface area contributed by atoms with Crippen LogP contribution in [0.15, 0.2) is 60.8 Å². The summed E-state index contributed by atoms with van der Waals surface area (Å²) in [5.41, 5.74) is 8.25. The molecule has 1 aromatic heterocycles. The van der Waals surface area contributed by atoms with E-state index in [1.807, 2.05) is 6.20 Å². The Morgan fingerprint density at radius 1 is 1.00 bits per heavy atom. The van der Waals surface area contributed by atoms with Crippen molar-refractivity contribution in [3.63, 3.8) is 0 Å². The van der Waals surface area contributed by atoms with E-state index in [4.69, 9.17) is 4.98 Å². The van der Waals surface area contributed by atoms with E-state index in [1.165, 1.54) is 46.9 Å². The molecule has 0 bridgehead atoms. The van der Waals surface area contributed by atoms with Gasteiger partial charge in [-0.1, -0.05) is 42.5 Å². The minimum Gasteiger partial charge on any atom is -0.256 e. The van der Waals surface area contributed by atoms with E-state index in [2.05, 4.69) is 54.6 Å². The van der Waals surface area contributed by atoms with Crippen LogP contribution in [0.5, 0.6) is 0 Å². The fourth-order valence-electron chi connectivity index (χ4n) is 4.11. The van der Waals surface area contributed by atoms with E-state index >= 15 is 0 Å². The second-order valence-corrected chi connectivity index (χ2v) is 6.30. The molecule has 1 heterocycles. The predicted molar refractivity (Wildman–Crippen MR) is 91.7 cm³/mol. The van der Waals surface area contributed by atoms with Crippen LogP contribution in [-0.2, 0) is 0 Å². The first-order valence-corrected chi connectivity index (χ1v) is 8.11. The number of hydrogen-bond donors (Lipinski definition) is 0. The number of rotatable bonds is 1. The topological polar surface area (TPSA) is 12.9 Å². The summed E-state index contributed by atoms with van der Waals surface area (Å²) >= 11 is 0. The monoisotopic (exact) mass is 283 g/mol. The van der Waals surface area contributed by atoms with Crippen molar-refractivity contribution in [3.8, 4) is 11.1 Å². The Labute approximate surface area is 130 Å². The molecule has 2 aromatic carbocycles. The van der Waals surface area contributed by atoms with Gasteiger partial charge in [-0.15, -0.1) is 0 Å². The van der Waals surface area contributed by atoms with Crippen LogP contribution in [0.4, 0.5) is 0 Å². The third-order valence-electron chi connectivity index (χ3n) is 5.11. The fourth-order valence-corrected chi connectivity index (χ4v) is 4.11. The van der Waals surface area contributed by atoms with Gasteiger partial charge in [0.25, 0.3) is 0 Å². The van der Waals surface area contributed by atoms with E-state index in [9.17, 15) is 0 Å². The van der Waals surface area contributed by atoms with Crippen LogP contribution in [0, 0.1) is 0 Å². The van der Waals surface area contributed by atoms with Gasteiger partial charge in [-0.05, 0) is 53.7 Å². The first-order chi connectivity index (χ1) is 10.9. The van der Waals surface area contributed by atoms with Crippen molar-refractivity contribution < 1.29 is 0 Å². The summed E-state index contributed by atoms with van der Waals surface area (Å²) in [6.45, 7) is 0. The van der Waals surface area contributed by atoms with E-state index in [-0.39, 0.29) is 0 Å². The van der Waals surface area contributed by atoms with Crippen LogP contribution < -0.4 is 0 Å². The number of pyridine rings is 1. The third-order valence-corrected chi connectivity index (χ3v) is 5.11. The molecule has 3 aromatic rings. The van der Waals surface area contributed by atoms with Crippen molar-refractivity contribution in [3.05, 3.63) is 71.9 Å². The Bertz CT molecular complexity index is 906. The molecule has 106 valence electrons. The van der Waals surface area contributed by atoms with Gasteiger partial charge in [0, 0.05) is 23.1 Å². The normalized spacial score (nSPS) is 19.1. The molecule has 2 aliphatic carbocycles. The molecule has 1 atom stereocenters. The number of hydrogen-bond acceptors (Lipinski definition) is 1. The van der Waals surface area contributed by atoms with Crippen molar-refractivity contribution in [1.82, 2.24) is 4.98 Å². The van der Waals surface area contributed by atoms with Crippen molar-refractivity contribution in [2.24, 2.45) is 0 Å². The van der Waals surface area contributed by atoms with Gasteiger partial charge in [-0.2, -0.15) is 0 Å². The van der Waals surface area contributed by atoms with Crippen LogP contribution in [0.3, 0.4) is 0 Å². The van der Waals surface area contributed by atoms with E-state index < -0.39 is 0 Å². The average Bonchev–Trinajstić information content (AvgIpc) is 2.59. The summed E-state index contributed by atoms with van der Waals surface area (Å²) in [5.74, 6) is 0.663. The Hall–Kier alpha value is -2.41. The lowest BCUT2D eigenvalue weighted by molar-refractivity contribution is 0.645. The van der Waals surface area contributed by atoms with Crippen molar-refractivity contribution in [2.45, 2.75) is 25.2 Å². The molecule has 0 N–H and O–H groups in total. The molecule has 1 unspecified atom stereocenters. The van der Waals surface area contributed by atoms with Crippen LogP contribution in [0.1, 0.15) is 36.3 Å². The second-order valence-electron chi connectivity index (χ2n) is 6.30. The summed E-state index contributed by atoms with van der Waals surface area (Å²) in [7, 11) is 0. The molecule has 0 fully saturated rings. The highest BCUT2D eigenvalue weighted by molar-refractivity contribution is 6.06. The van der Waals surface area contributed by atoms with Gasteiger partial charge in [-0.25, -0.2) is 0 Å². The molecule has 0 radical (unpaired) electrons. The Morgan fingerprint density at radius 2 is 1.91 bits per heavy atom. The van der Waals surface area contributed by atoms with Gasteiger partial charge >= 0.3 is 0 Å². The number of nitrogens with zero attached hydrogens (tertiary/aromatic N) is 1. The lowest BCUT2D eigenvalue weighted by atomic mass is 9.66. The minimum absolute atomic E-state index is 0.663. The maximum absolute atomic E-state index is 4.70. The molecule has 0 amide bonds. The molecule has 1 nitrogen and oxygen atoms in total. The predicted octanol–water partition coefficient (Wildman–Crippen LogP) is 5.57. The SMILES string of the molecule is C1=C2c3c(cc(-c4ccccc4)c4ncccc34)C2CCC1. The molecule has 0 saturated heterocycles. The minimum atomic E-state index is 0.663. The van der Waals surface area contributed by atoms with Gasteiger partial charge < -0.3 is 0 Å². The first kappa shape index (κ1) is 12.2. The van der Waals surface area contributed by atoms with E-state index in [0.717, 1.165) is 5.52 Å². The molecule has 0 saturated carbocycles. The van der Waals surface area contributed by atoms with E-state index in [0.29, 0.717) is 5.92 Å². The van der Waals surface area contributed by atoms with Crippen LogP contribution in [0.2, 0.25) is 0 Å². The highest BCUT2D eigenvalue weighted by Gasteiger charge is 2.35. The van der Waals surface area contributed by atoms with Crippen molar-refractivity contribution in [1.29, 1.82) is 0 Å². The lowest BCUT2D eigenvalue weighted by Gasteiger charge is -2.38. The zero-order valence-corrected chi connectivity index (χ0v) is 12.4. The molecule has 2 aliphatic rings. The number of aromatic nitrogens is 1. The summed E-state index contributed by atoms with van der Waals surface area (Å²) in [4.78, 5) is 4.70. The average molecular weight is 283 g/mol. The smallest absolute Gasteiger partial charge is 0.0786 e. The van der Waals surface area contributed by atoms with Crippen LogP contribution in [-0.4, -0.2) is 4.98 Å². The highest BCUT2D eigenvalue weighted by atomic mass is 14.7. The fraction of sp³-hybridized carbons (Fsp3) is 0.190. The molecule has 5 rings (SSSR count). The second kappa shape index (κ2) is 4.54. The van der Waals surface area contributed by atoms with Gasteiger partial charge in [0.1, 0.15) is 0 Å². The standard InChI is InChI=1S/C21H17N/c1-2-7-14(8-3-1)18-13-19-15-9-4-5-10-16(15)20(19)17-11-6-12-22-21(17)18/h1-3,6-8,10-13,15H,4-5,9H2. The summed E-state index contributed by atoms with van der Waals surface area (Å²) < 4.78 is 0. The maximum Gasteiger partial charge on any atom is 0.0786 e.